The molecule has 1 aliphatic heterocycles. The molecule has 3 aromatic rings. The standard InChI is InChI=1S/C22H20FNO3/c23-18-4-1-15(2-5-18)17-7-10-24(14-17)11-8-20(25)16-3-6-19-21(26)9-12-27-22(19)13-16/h1-6,9,12-13,17H,7-8,10-11,14H2. The molecule has 1 aromatic heterocycles. The van der Waals surface area contributed by atoms with Gasteiger partial charge in [-0.2, -0.15) is 0 Å². The topological polar surface area (TPSA) is 50.5 Å². The van der Waals surface area contributed by atoms with Crippen molar-refractivity contribution in [1.29, 1.82) is 0 Å². The van der Waals surface area contributed by atoms with Crippen molar-refractivity contribution in [2.75, 3.05) is 19.6 Å². The Kier molecular flexibility index (Phi) is 4.86. The first-order valence-electron chi connectivity index (χ1n) is 9.13. The highest BCUT2D eigenvalue weighted by Gasteiger charge is 2.24. The van der Waals surface area contributed by atoms with Crippen molar-refractivity contribution in [1.82, 2.24) is 4.90 Å². The maximum absolute atomic E-state index is 13.1. The van der Waals surface area contributed by atoms with E-state index in [9.17, 15) is 14.0 Å². The van der Waals surface area contributed by atoms with Crippen LogP contribution in [0, 0.1) is 5.82 Å². The van der Waals surface area contributed by atoms with E-state index in [1.807, 2.05) is 12.1 Å². The smallest absolute Gasteiger partial charge is 0.192 e. The van der Waals surface area contributed by atoms with E-state index in [2.05, 4.69) is 4.90 Å². The molecule has 2 aromatic carbocycles. The van der Waals surface area contributed by atoms with Crippen LogP contribution in [-0.4, -0.2) is 30.3 Å². The molecule has 0 spiro atoms. The van der Waals surface area contributed by atoms with Gasteiger partial charge in [-0.15, -0.1) is 0 Å². The maximum atomic E-state index is 13.1. The number of hydrogen-bond acceptors (Lipinski definition) is 4. The third kappa shape index (κ3) is 3.83. The van der Waals surface area contributed by atoms with Crippen LogP contribution in [-0.2, 0) is 0 Å². The summed E-state index contributed by atoms with van der Waals surface area (Å²) in [5.74, 6) is 0.203. The maximum Gasteiger partial charge on any atom is 0.192 e. The van der Waals surface area contributed by atoms with Gasteiger partial charge in [0.1, 0.15) is 11.4 Å². The molecular formula is C22H20FNO3. The number of halogens is 1. The van der Waals surface area contributed by atoms with E-state index in [1.165, 1.54) is 24.5 Å². The van der Waals surface area contributed by atoms with Crippen LogP contribution < -0.4 is 5.43 Å². The zero-order valence-electron chi connectivity index (χ0n) is 14.9. The Labute approximate surface area is 156 Å². The minimum atomic E-state index is -0.217. The van der Waals surface area contributed by atoms with E-state index < -0.39 is 0 Å². The van der Waals surface area contributed by atoms with Crippen LogP contribution >= 0.6 is 0 Å². The molecule has 1 saturated heterocycles. The summed E-state index contributed by atoms with van der Waals surface area (Å²) in [4.78, 5) is 26.6. The number of carbonyl (C=O) groups excluding carboxylic acids is 1. The Morgan fingerprint density at radius 2 is 1.96 bits per heavy atom. The zero-order valence-corrected chi connectivity index (χ0v) is 14.9. The first-order valence-corrected chi connectivity index (χ1v) is 9.13. The molecular weight excluding hydrogens is 345 g/mol. The molecule has 1 unspecified atom stereocenters. The van der Waals surface area contributed by atoms with Crippen molar-refractivity contribution in [3.8, 4) is 0 Å². The number of ketones is 1. The highest BCUT2D eigenvalue weighted by molar-refractivity contribution is 5.99. The Morgan fingerprint density at radius 3 is 2.78 bits per heavy atom. The number of fused-ring (bicyclic) bond motifs is 1. The van der Waals surface area contributed by atoms with E-state index in [4.69, 9.17) is 4.42 Å². The number of benzene rings is 2. The molecule has 0 bridgehead atoms. The first kappa shape index (κ1) is 17.6. The molecule has 0 amide bonds. The Balaban J connectivity index is 1.37. The quantitative estimate of drug-likeness (QED) is 0.642. The van der Waals surface area contributed by atoms with Crippen molar-refractivity contribution < 1.29 is 13.6 Å². The van der Waals surface area contributed by atoms with E-state index in [-0.39, 0.29) is 17.0 Å². The second-order valence-electron chi connectivity index (χ2n) is 7.01. The molecule has 5 heteroatoms. The molecule has 0 aliphatic carbocycles. The lowest BCUT2D eigenvalue weighted by Crippen LogP contribution is -2.23. The minimum Gasteiger partial charge on any atom is -0.464 e. The molecule has 1 aliphatic rings. The van der Waals surface area contributed by atoms with Gasteiger partial charge < -0.3 is 9.32 Å². The monoisotopic (exact) mass is 365 g/mol. The average molecular weight is 365 g/mol. The fourth-order valence-electron chi connectivity index (χ4n) is 3.70. The fourth-order valence-corrected chi connectivity index (χ4v) is 3.70. The Hall–Kier alpha value is -2.79. The zero-order chi connectivity index (χ0) is 18.8. The van der Waals surface area contributed by atoms with Gasteiger partial charge >= 0.3 is 0 Å². The van der Waals surface area contributed by atoms with E-state index in [0.29, 0.717) is 35.4 Å². The third-order valence-corrected chi connectivity index (χ3v) is 5.25. The van der Waals surface area contributed by atoms with Crippen LogP contribution in [0.1, 0.15) is 34.7 Å². The third-order valence-electron chi connectivity index (χ3n) is 5.25. The fraction of sp³-hybridized carbons (Fsp3) is 0.273. The van der Waals surface area contributed by atoms with Gasteiger partial charge in [-0.1, -0.05) is 18.2 Å². The summed E-state index contributed by atoms with van der Waals surface area (Å²) < 4.78 is 18.4. The molecule has 27 heavy (non-hydrogen) atoms. The average Bonchev–Trinajstić information content (AvgIpc) is 3.15. The summed E-state index contributed by atoms with van der Waals surface area (Å²) in [5.41, 5.74) is 2.03. The van der Waals surface area contributed by atoms with Gasteiger partial charge in [0.05, 0.1) is 11.6 Å². The molecule has 1 fully saturated rings. The van der Waals surface area contributed by atoms with Crippen molar-refractivity contribution in [3.63, 3.8) is 0 Å². The second kappa shape index (κ2) is 7.45. The number of rotatable bonds is 5. The molecule has 0 saturated carbocycles. The lowest BCUT2D eigenvalue weighted by atomic mass is 9.99. The van der Waals surface area contributed by atoms with Crippen molar-refractivity contribution in [3.05, 3.63) is 82.0 Å². The molecule has 1 atom stereocenters. The molecule has 138 valence electrons. The lowest BCUT2D eigenvalue weighted by molar-refractivity contribution is 0.0968. The van der Waals surface area contributed by atoms with Crippen molar-refractivity contribution in [2.24, 2.45) is 0 Å². The van der Waals surface area contributed by atoms with Crippen LogP contribution in [0.5, 0.6) is 0 Å². The van der Waals surface area contributed by atoms with Crippen LogP contribution in [0.2, 0.25) is 0 Å². The minimum absolute atomic E-state index is 0.0358. The van der Waals surface area contributed by atoms with Gasteiger partial charge in [0, 0.05) is 31.1 Å². The predicted molar refractivity (Wildman–Crippen MR) is 102 cm³/mol. The number of likely N-dealkylation sites (tertiary alicyclic amines) is 1. The summed E-state index contributed by atoms with van der Waals surface area (Å²) in [7, 11) is 0. The van der Waals surface area contributed by atoms with Crippen LogP contribution in [0.25, 0.3) is 11.0 Å². The van der Waals surface area contributed by atoms with Crippen LogP contribution in [0.4, 0.5) is 4.39 Å². The van der Waals surface area contributed by atoms with E-state index in [1.54, 1.807) is 18.2 Å². The number of Topliss-reactive ketones (excluding diaryl/α,β-unsaturated/α-hetero) is 1. The molecule has 2 heterocycles. The molecule has 4 rings (SSSR count). The highest BCUT2D eigenvalue weighted by atomic mass is 19.1. The second-order valence-corrected chi connectivity index (χ2v) is 7.01. The molecule has 4 nitrogen and oxygen atoms in total. The largest absolute Gasteiger partial charge is 0.464 e. The van der Waals surface area contributed by atoms with Gasteiger partial charge in [0.25, 0.3) is 0 Å². The summed E-state index contributed by atoms with van der Waals surface area (Å²) in [6.45, 7) is 2.50. The lowest BCUT2D eigenvalue weighted by Gasteiger charge is -2.15. The predicted octanol–water partition coefficient (Wildman–Crippen LogP) is 3.99. The van der Waals surface area contributed by atoms with Crippen LogP contribution in [0.15, 0.2) is 64.0 Å². The molecule has 0 N–H and O–H groups in total. The summed E-state index contributed by atoms with van der Waals surface area (Å²) >= 11 is 0. The van der Waals surface area contributed by atoms with Gasteiger partial charge in [0.2, 0.25) is 0 Å². The number of nitrogens with zero attached hydrogens (tertiary/aromatic N) is 1. The molecule has 0 radical (unpaired) electrons. The van der Waals surface area contributed by atoms with Gasteiger partial charge in [-0.25, -0.2) is 4.39 Å². The summed E-state index contributed by atoms with van der Waals surface area (Å²) in [6, 6.07) is 13.0. The number of carbonyl (C=O) groups is 1. The van der Waals surface area contributed by atoms with Crippen LogP contribution in [0.3, 0.4) is 0 Å². The van der Waals surface area contributed by atoms with Gasteiger partial charge in [0.15, 0.2) is 11.2 Å². The highest BCUT2D eigenvalue weighted by Crippen LogP contribution is 2.27. The van der Waals surface area contributed by atoms with Gasteiger partial charge in [-0.3, -0.25) is 9.59 Å². The number of hydrogen-bond donors (Lipinski definition) is 0. The van der Waals surface area contributed by atoms with E-state index in [0.717, 1.165) is 25.1 Å². The van der Waals surface area contributed by atoms with Crippen molar-refractivity contribution >= 4 is 16.8 Å². The SMILES string of the molecule is O=C(CCN1CCC(c2ccc(F)cc2)C1)c1ccc2c(=O)ccoc2c1. The summed E-state index contributed by atoms with van der Waals surface area (Å²) in [6.07, 6.45) is 2.78. The van der Waals surface area contributed by atoms with E-state index >= 15 is 0 Å². The van der Waals surface area contributed by atoms with Gasteiger partial charge in [-0.05, 0) is 48.7 Å². The Bertz CT molecular complexity index is 1030. The first-order chi connectivity index (χ1) is 13.1. The normalized spacial score (nSPS) is 17.4. The Morgan fingerprint density at radius 1 is 1.15 bits per heavy atom. The van der Waals surface area contributed by atoms with Crippen molar-refractivity contribution in [2.45, 2.75) is 18.8 Å². The summed E-state index contributed by atoms with van der Waals surface area (Å²) in [5, 5.41) is 0.482.